The largest absolute Gasteiger partial charge is 0.390 e. The average Bonchev–Trinajstić information content (AvgIpc) is 3.21. The Hall–Kier alpha value is -1.12. The Morgan fingerprint density at radius 1 is 1.36 bits per heavy atom. The minimum absolute atomic E-state index is 0.0435. The smallest absolute Gasteiger partial charge is 0.237 e. The molecule has 0 aromatic carbocycles. The standard InChI is InChI=1S/C20H35N3O2/c1-3-5-9-20(25)12-16(4-2)17(13-20)8-10-22-15-19(24)23-11-6-7-18(23)14-21/h16-18,22,25H,3-13,15H2,1-2H3/t16-,17+,18?,20?/m1/s1. The second kappa shape index (κ2) is 9.54. The zero-order valence-electron chi connectivity index (χ0n) is 16.0. The Kier molecular flexibility index (Phi) is 7.71. The normalized spacial score (nSPS) is 32.1. The molecule has 2 unspecified atom stereocenters. The Labute approximate surface area is 152 Å². The number of likely N-dealkylation sites (tertiary alicyclic amines) is 1. The third kappa shape index (κ3) is 5.43. The molecule has 2 N–H and O–H groups in total. The molecular formula is C20H35N3O2. The Balaban J connectivity index is 1.72. The number of carbonyl (C=O) groups excluding carboxylic acids is 1. The number of nitriles is 1. The van der Waals surface area contributed by atoms with Crippen molar-refractivity contribution in [3.63, 3.8) is 0 Å². The van der Waals surface area contributed by atoms with Gasteiger partial charge in [0.25, 0.3) is 0 Å². The first kappa shape index (κ1) is 20.2. The predicted molar refractivity (Wildman–Crippen MR) is 98.8 cm³/mol. The fourth-order valence-electron chi connectivity index (χ4n) is 4.70. The molecule has 0 aromatic rings. The second-order valence-corrected chi connectivity index (χ2v) is 8.00. The van der Waals surface area contributed by atoms with Gasteiger partial charge in [-0.05, 0) is 56.9 Å². The first-order chi connectivity index (χ1) is 12.0. The number of carbonyl (C=O) groups is 1. The molecule has 2 fully saturated rings. The van der Waals surface area contributed by atoms with Crippen molar-refractivity contribution in [1.82, 2.24) is 10.2 Å². The van der Waals surface area contributed by atoms with Crippen LogP contribution in [0, 0.1) is 23.2 Å². The van der Waals surface area contributed by atoms with Gasteiger partial charge in [0.05, 0.1) is 18.2 Å². The molecule has 5 heteroatoms. The Morgan fingerprint density at radius 3 is 2.80 bits per heavy atom. The topological polar surface area (TPSA) is 76.4 Å². The summed E-state index contributed by atoms with van der Waals surface area (Å²) in [5, 5.41) is 23.2. The molecule has 0 aromatic heterocycles. The Bertz CT molecular complexity index is 476. The summed E-state index contributed by atoms with van der Waals surface area (Å²) in [6.45, 7) is 6.23. The Morgan fingerprint density at radius 2 is 2.12 bits per heavy atom. The van der Waals surface area contributed by atoms with E-state index in [1.807, 2.05) is 0 Å². The van der Waals surface area contributed by atoms with E-state index in [0.717, 1.165) is 64.3 Å². The zero-order valence-corrected chi connectivity index (χ0v) is 16.0. The molecule has 0 radical (unpaired) electrons. The summed E-state index contributed by atoms with van der Waals surface area (Å²) in [5.74, 6) is 1.19. The maximum absolute atomic E-state index is 12.2. The zero-order chi connectivity index (χ0) is 18.3. The minimum Gasteiger partial charge on any atom is -0.390 e. The number of nitrogens with one attached hydrogen (secondary N) is 1. The maximum Gasteiger partial charge on any atom is 0.237 e. The van der Waals surface area contributed by atoms with Crippen LogP contribution in [0.4, 0.5) is 0 Å². The van der Waals surface area contributed by atoms with E-state index in [0.29, 0.717) is 24.9 Å². The summed E-state index contributed by atoms with van der Waals surface area (Å²) in [6.07, 6.45) is 8.87. The number of amides is 1. The summed E-state index contributed by atoms with van der Waals surface area (Å²) < 4.78 is 0. The fraction of sp³-hybridized carbons (Fsp3) is 0.900. The van der Waals surface area contributed by atoms with Crippen LogP contribution in [-0.2, 0) is 4.79 Å². The van der Waals surface area contributed by atoms with Crippen LogP contribution in [0.1, 0.15) is 71.6 Å². The van der Waals surface area contributed by atoms with Crippen molar-refractivity contribution in [3.8, 4) is 6.07 Å². The summed E-state index contributed by atoms with van der Waals surface area (Å²) in [7, 11) is 0. The van der Waals surface area contributed by atoms with Crippen molar-refractivity contribution in [3.05, 3.63) is 0 Å². The number of hydrogen-bond acceptors (Lipinski definition) is 4. The van der Waals surface area contributed by atoms with E-state index < -0.39 is 5.60 Å². The van der Waals surface area contributed by atoms with Gasteiger partial charge in [-0.15, -0.1) is 0 Å². The molecule has 5 nitrogen and oxygen atoms in total. The minimum atomic E-state index is -0.466. The molecule has 1 aliphatic heterocycles. The molecule has 2 aliphatic rings. The molecule has 2 rings (SSSR count). The van der Waals surface area contributed by atoms with Crippen molar-refractivity contribution >= 4 is 5.91 Å². The van der Waals surface area contributed by atoms with Gasteiger partial charge in [0.1, 0.15) is 6.04 Å². The average molecular weight is 350 g/mol. The lowest BCUT2D eigenvalue weighted by atomic mass is 9.91. The highest BCUT2D eigenvalue weighted by atomic mass is 16.3. The van der Waals surface area contributed by atoms with E-state index in [4.69, 9.17) is 5.26 Å². The van der Waals surface area contributed by atoms with Gasteiger partial charge < -0.3 is 15.3 Å². The third-order valence-corrected chi connectivity index (χ3v) is 6.16. The summed E-state index contributed by atoms with van der Waals surface area (Å²) in [6, 6.07) is 1.98. The first-order valence-electron chi connectivity index (χ1n) is 10.1. The second-order valence-electron chi connectivity index (χ2n) is 8.00. The molecule has 142 valence electrons. The molecule has 1 amide bonds. The summed E-state index contributed by atoms with van der Waals surface area (Å²) in [5.41, 5.74) is -0.466. The van der Waals surface area contributed by atoms with E-state index in [1.165, 1.54) is 0 Å². The van der Waals surface area contributed by atoms with Crippen molar-refractivity contribution < 1.29 is 9.90 Å². The van der Waals surface area contributed by atoms with Crippen molar-refractivity contribution in [2.45, 2.75) is 83.3 Å². The number of aliphatic hydroxyl groups is 1. The molecule has 4 atom stereocenters. The van der Waals surface area contributed by atoms with Crippen LogP contribution in [0.2, 0.25) is 0 Å². The van der Waals surface area contributed by atoms with E-state index in [9.17, 15) is 9.90 Å². The van der Waals surface area contributed by atoms with Crippen LogP contribution >= 0.6 is 0 Å². The quantitative estimate of drug-likeness (QED) is 0.628. The van der Waals surface area contributed by atoms with Gasteiger partial charge in [0.2, 0.25) is 5.91 Å². The molecule has 1 heterocycles. The van der Waals surface area contributed by atoms with Gasteiger partial charge in [-0.1, -0.05) is 33.1 Å². The van der Waals surface area contributed by atoms with Crippen molar-refractivity contribution in [2.24, 2.45) is 11.8 Å². The van der Waals surface area contributed by atoms with E-state index in [-0.39, 0.29) is 11.9 Å². The lowest BCUT2D eigenvalue weighted by Gasteiger charge is -2.22. The van der Waals surface area contributed by atoms with Crippen molar-refractivity contribution in [1.29, 1.82) is 5.26 Å². The van der Waals surface area contributed by atoms with Gasteiger partial charge in [-0.25, -0.2) is 0 Å². The highest BCUT2D eigenvalue weighted by molar-refractivity contribution is 5.79. The van der Waals surface area contributed by atoms with E-state index in [2.05, 4.69) is 25.2 Å². The van der Waals surface area contributed by atoms with Gasteiger partial charge in [-0.2, -0.15) is 5.26 Å². The molecule has 1 saturated heterocycles. The maximum atomic E-state index is 12.2. The van der Waals surface area contributed by atoms with Gasteiger partial charge >= 0.3 is 0 Å². The third-order valence-electron chi connectivity index (χ3n) is 6.16. The molecule has 25 heavy (non-hydrogen) atoms. The van der Waals surface area contributed by atoms with E-state index in [1.54, 1.807) is 4.90 Å². The predicted octanol–water partition coefficient (Wildman–Crippen LogP) is 2.84. The van der Waals surface area contributed by atoms with Crippen LogP contribution in [0.3, 0.4) is 0 Å². The highest BCUT2D eigenvalue weighted by Crippen LogP contribution is 2.45. The summed E-state index contributed by atoms with van der Waals surface area (Å²) >= 11 is 0. The van der Waals surface area contributed by atoms with Crippen LogP contribution in [0.15, 0.2) is 0 Å². The molecule has 1 saturated carbocycles. The van der Waals surface area contributed by atoms with Crippen LogP contribution in [-0.4, -0.2) is 47.2 Å². The van der Waals surface area contributed by atoms with Gasteiger partial charge in [-0.3, -0.25) is 4.79 Å². The number of hydrogen-bond donors (Lipinski definition) is 2. The number of nitrogens with zero attached hydrogens (tertiary/aromatic N) is 2. The number of unbranched alkanes of at least 4 members (excludes halogenated alkanes) is 1. The van der Waals surface area contributed by atoms with E-state index >= 15 is 0 Å². The summed E-state index contributed by atoms with van der Waals surface area (Å²) in [4.78, 5) is 13.9. The lowest BCUT2D eigenvalue weighted by Crippen LogP contribution is -2.41. The molecule has 0 bridgehead atoms. The van der Waals surface area contributed by atoms with Crippen LogP contribution in [0.25, 0.3) is 0 Å². The van der Waals surface area contributed by atoms with Gasteiger partial charge in [0, 0.05) is 6.54 Å². The van der Waals surface area contributed by atoms with Crippen LogP contribution in [0.5, 0.6) is 0 Å². The molecule has 1 aliphatic carbocycles. The number of rotatable bonds is 9. The molecular weight excluding hydrogens is 314 g/mol. The highest BCUT2D eigenvalue weighted by Gasteiger charge is 2.42. The first-order valence-corrected chi connectivity index (χ1v) is 10.1. The van der Waals surface area contributed by atoms with Crippen molar-refractivity contribution in [2.75, 3.05) is 19.6 Å². The lowest BCUT2D eigenvalue weighted by molar-refractivity contribution is -0.130. The van der Waals surface area contributed by atoms with Crippen LogP contribution < -0.4 is 5.32 Å². The monoisotopic (exact) mass is 349 g/mol. The SMILES string of the molecule is CCCCC1(O)C[C@@H](CC)[C@@H](CCNCC(=O)N2CCCC2C#N)C1. The molecule has 0 spiro atoms. The van der Waals surface area contributed by atoms with Gasteiger partial charge in [0.15, 0.2) is 0 Å². The fourth-order valence-corrected chi connectivity index (χ4v) is 4.70.